The van der Waals surface area contributed by atoms with E-state index in [2.05, 4.69) is 26.1 Å². The van der Waals surface area contributed by atoms with Crippen LogP contribution in [0.1, 0.15) is 32.8 Å². The molecule has 2 atom stereocenters. The van der Waals surface area contributed by atoms with E-state index in [0.29, 0.717) is 36.4 Å². The van der Waals surface area contributed by atoms with Crippen LogP contribution >= 0.6 is 0 Å². The predicted octanol–water partition coefficient (Wildman–Crippen LogP) is 2.46. The quantitative estimate of drug-likeness (QED) is 0.821. The van der Waals surface area contributed by atoms with Crippen LogP contribution in [0.2, 0.25) is 0 Å². The molecule has 0 aliphatic carbocycles. The first-order valence-electron chi connectivity index (χ1n) is 7.75. The van der Waals surface area contributed by atoms with Crippen molar-refractivity contribution in [1.82, 2.24) is 9.62 Å². The van der Waals surface area contributed by atoms with Crippen molar-refractivity contribution in [2.75, 3.05) is 19.6 Å². The predicted molar refractivity (Wildman–Crippen MR) is 85.5 cm³/mol. The van der Waals surface area contributed by atoms with Crippen molar-refractivity contribution in [1.29, 1.82) is 0 Å². The SMILES string of the molecule is CCCNCc1ccccc1S(=O)(=O)N1CC(C)C(C)C1. The molecule has 1 aromatic rings. The van der Waals surface area contributed by atoms with E-state index in [1.807, 2.05) is 12.1 Å². The normalized spacial score (nSPS) is 23.6. The fraction of sp³-hybridized carbons (Fsp3) is 0.625. The van der Waals surface area contributed by atoms with Gasteiger partial charge in [-0.25, -0.2) is 8.42 Å². The second kappa shape index (κ2) is 6.90. The Morgan fingerprint density at radius 1 is 1.19 bits per heavy atom. The van der Waals surface area contributed by atoms with E-state index in [-0.39, 0.29) is 0 Å². The first kappa shape index (κ1) is 16.5. The van der Waals surface area contributed by atoms with Crippen LogP contribution in [0.3, 0.4) is 0 Å². The largest absolute Gasteiger partial charge is 0.313 e. The van der Waals surface area contributed by atoms with Gasteiger partial charge in [0, 0.05) is 19.6 Å². The van der Waals surface area contributed by atoms with Gasteiger partial charge in [0.1, 0.15) is 0 Å². The van der Waals surface area contributed by atoms with Crippen molar-refractivity contribution in [3.63, 3.8) is 0 Å². The van der Waals surface area contributed by atoms with Gasteiger partial charge in [0.05, 0.1) is 4.90 Å². The summed E-state index contributed by atoms with van der Waals surface area (Å²) in [7, 11) is -3.38. The minimum absolute atomic E-state index is 0.421. The maximum absolute atomic E-state index is 12.9. The molecule has 0 amide bonds. The van der Waals surface area contributed by atoms with Crippen LogP contribution in [0, 0.1) is 11.8 Å². The highest BCUT2D eigenvalue weighted by atomic mass is 32.2. The average Bonchev–Trinajstić information content (AvgIpc) is 2.80. The Kier molecular flexibility index (Phi) is 5.41. The molecular formula is C16H26N2O2S. The fourth-order valence-corrected chi connectivity index (χ4v) is 4.58. The maximum Gasteiger partial charge on any atom is 0.243 e. The lowest BCUT2D eigenvalue weighted by molar-refractivity contribution is 0.462. The van der Waals surface area contributed by atoms with Gasteiger partial charge in [-0.15, -0.1) is 0 Å². The Morgan fingerprint density at radius 2 is 1.81 bits per heavy atom. The molecule has 1 fully saturated rings. The number of sulfonamides is 1. The molecule has 1 N–H and O–H groups in total. The van der Waals surface area contributed by atoms with Crippen LogP contribution in [0.4, 0.5) is 0 Å². The van der Waals surface area contributed by atoms with Gasteiger partial charge in [0.2, 0.25) is 10.0 Å². The summed E-state index contributed by atoms with van der Waals surface area (Å²) in [5.41, 5.74) is 0.859. The molecule has 2 rings (SSSR count). The summed E-state index contributed by atoms with van der Waals surface area (Å²) in [6, 6.07) is 7.33. The summed E-state index contributed by atoms with van der Waals surface area (Å²) in [6.45, 7) is 9.08. The van der Waals surface area contributed by atoms with Gasteiger partial charge in [0.15, 0.2) is 0 Å². The second-order valence-electron chi connectivity index (χ2n) is 6.06. The van der Waals surface area contributed by atoms with E-state index >= 15 is 0 Å². The molecule has 0 bridgehead atoms. The van der Waals surface area contributed by atoms with Gasteiger partial charge in [0.25, 0.3) is 0 Å². The lowest BCUT2D eigenvalue weighted by Gasteiger charge is -2.19. The van der Waals surface area contributed by atoms with Gasteiger partial charge in [-0.05, 0) is 36.4 Å². The number of hydrogen-bond acceptors (Lipinski definition) is 3. The molecule has 0 aromatic heterocycles. The standard InChI is InChI=1S/C16H26N2O2S/c1-4-9-17-10-15-7-5-6-8-16(15)21(19,20)18-11-13(2)14(3)12-18/h5-8,13-14,17H,4,9-12H2,1-3H3. The van der Waals surface area contributed by atoms with Crippen molar-refractivity contribution in [2.45, 2.75) is 38.6 Å². The van der Waals surface area contributed by atoms with E-state index in [1.54, 1.807) is 16.4 Å². The van der Waals surface area contributed by atoms with Crippen molar-refractivity contribution < 1.29 is 8.42 Å². The van der Waals surface area contributed by atoms with Crippen LogP contribution in [-0.2, 0) is 16.6 Å². The summed E-state index contributed by atoms with van der Waals surface area (Å²) >= 11 is 0. The molecule has 118 valence electrons. The Hall–Kier alpha value is -0.910. The van der Waals surface area contributed by atoms with E-state index < -0.39 is 10.0 Å². The zero-order valence-electron chi connectivity index (χ0n) is 13.2. The molecule has 21 heavy (non-hydrogen) atoms. The lowest BCUT2D eigenvalue weighted by Crippen LogP contribution is -2.30. The summed E-state index contributed by atoms with van der Waals surface area (Å²) in [5.74, 6) is 0.843. The van der Waals surface area contributed by atoms with Crippen LogP contribution in [0.25, 0.3) is 0 Å². The van der Waals surface area contributed by atoms with Crippen molar-refractivity contribution >= 4 is 10.0 Å². The van der Waals surface area contributed by atoms with E-state index in [9.17, 15) is 8.42 Å². The van der Waals surface area contributed by atoms with Crippen molar-refractivity contribution in [2.24, 2.45) is 11.8 Å². The van der Waals surface area contributed by atoms with E-state index in [4.69, 9.17) is 0 Å². The van der Waals surface area contributed by atoms with Crippen molar-refractivity contribution in [3.05, 3.63) is 29.8 Å². The molecule has 0 radical (unpaired) electrons. The molecular weight excluding hydrogens is 284 g/mol. The Labute approximate surface area is 128 Å². The highest BCUT2D eigenvalue weighted by Gasteiger charge is 2.35. The van der Waals surface area contributed by atoms with Crippen LogP contribution in [-0.4, -0.2) is 32.4 Å². The average molecular weight is 310 g/mol. The van der Waals surface area contributed by atoms with Gasteiger partial charge in [-0.3, -0.25) is 0 Å². The number of nitrogens with one attached hydrogen (secondary N) is 1. The molecule has 1 aliphatic rings. The summed E-state index contributed by atoms with van der Waals surface area (Å²) in [6.07, 6.45) is 1.04. The molecule has 1 aliphatic heterocycles. The van der Waals surface area contributed by atoms with Crippen LogP contribution < -0.4 is 5.32 Å². The van der Waals surface area contributed by atoms with Gasteiger partial charge in [-0.1, -0.05) is 39.0 Å². The van der Waals surface area contributed by atoms with E-state index in [1.165, 1.54) is 0 Å². The maximum atomic E-state index is 12.9. The zero-order valence-corrected chi connectivity index (χ0v) is 14.0. The third-order valence-corrected chi connectivity index (χ3v) is 6.22. The number of hydrogen-bond donors (Lipinski definition) is 1. The number of rotatable bonds is 6. The fourth-order valence-electron chi connectivity index (χ4n) is 2.71. The topological polar surface area (TPSA) is 49.4 Å². The molecule has 1 saturated heterocycles. The minimum atomic E-state index is -3.38. The monoisotopic (exact) mass is 310 g/mol. The highest BCUT2D eigenvalue weighted by molar-refractivity contribution is 7.89. The molecule has 1 heterocycles. The molecule has 0 saturated carbocycles. The smallest absolute Gasteiger partial charge is 0.243 e. The minimum Gasteiger partial charge on any atom is -0.313 e. The Morgan fingerprint density at radius 3 is 2.43 bits per heavy atom. The first-order valence-corrected chi connectivity index (χ1v) is 9.19. The Bertz CT molecular complexity index is 561. The first-order chi connectivity index (χ1) is 9.96. The molecule has 2 unspecified atom stereocenters. The second-order valence-corrected chi connectivity index (χ2v) is 7.97. The third kappa shape index (κ3) is 3.65. The lowest BCUT2D eigenvalue weighted by atomic mass is 10.0. The Balaban J connectivity index is 2.24. The van der Waals surface area contributed by atoms with Gasteiger partial charge in [-0.2, -0.15) is 4.31 Å². The van der Waals surface area contributed by atoms with E-state index in [0.717, 1.165) is 18.5 Å². The third-order valence-electron chi connectivity index (χ3n) is 4.29. The highest BCUT2D eigenvalue weighted by Crippen LogP contribution is 2.29. The van der Waals surface area contributed by atoms with Crippen LogP contribution in [0.5, 0.6) is 0 Å². The number of benzene rings is 1. The van der Waals surface area contributed by atoms with Gasteiger partial charge >= 0.3 is 0 Å². The molecule has 0 spiro atoms. The summed E-state index contributed by atoms with van der Waals surface area (Å²) < 4.78 is 27.4. The van der Waals surface area contributed by atoms with Gasteiger partial charge < -0.3 is 5.32 Å². The number of nitrogens with zero attached hydrogens (tertiary/aromatic N) is 1. The molecule has 5 heteroatoms. The van der Waals surface area contributed by atoms with Crippen LogP contribution in [0.15, 0.2) is 29.2 Å². The molecule has 1 aromatic carbocycles. The zero-order chi connectivity index (χ0) is 15.5. The van der Waals surface area contributed by atoms with Crippen molar-refractivity contribution in [3.8, 4) is 0 Å². The summed E-state index contributed by atoms with van der Waals surface area (Å²) in [5, 5.41) is 3.29. The summed E-state index contributed by atoms with van der Waals surface area (Å²) in [4.78, 5) is 0.454. The molecule has 4 nitrogen and oxygen atoms in total.